The van der Waals surface area contributed by atoms with Gasteiger partial charge >= 0.3 is 12.1 Å². The van der Waals surface area contributed by atoms with Crippen molar-refractivity contribution in [3.8, 4) is 11.6 Å². The van der Waals surface area contributed by atoms with Gasteiger partial charge in [0.25, 0.3) is 11.8 Å². The number of carboxylic acid groups (broad SMARTS) is 1. The first kappa shape index (κ1) is 33.0. The van der Waals surface area contributed by atoms with Crippen LogP contribution in [0.15, 0.2) is 59.2 Å². The second-order valence-corrected chi connectivity index (χ2v) is 11.1. The Morgan fingerprint density at radius 3 is 2.45 bits per heavy atom. The Bertz CT molecular complexity index is 1550. The number of benzene rings is 1. The highest BCUT2D eigenvalue weighted by molar-refractivity contribution is 5.96. The Morgan fingerprint density at radius 2 is 1.77 bits per heavy atom. The number of carbonyl (C=O) groups is 5. The van der Waals surface area contributed by atoms with E-state index >= 15 is 0 Å². The lowest BCUT2D eigenvalue weighted by Crippen LogP contribution is -2.56. The highest BCUT2D eigenvalue weighted by Gasteiger charge is 2.33. The smallest absolute Gasteiger partial charge is 0.409 e. The van der Waals surface area contributed by atoms with Crippen LogP contribution in [0.25, 0.3) is 5.69 Å². The number of furan rings is 1. The van der Waals surface area contributed by atoms with Crippen LogP contribution in [-0.4, -0.2) is 111 Å². The molecule has 15 nitrogen and oxygen atoms in total. The minimum atomic E-state index is -1.16. The molecule has 2 fully saturated rings. The maximum atomic E-state index is 13.5. The average Bonchev–Trinajstić information content (AvgIpc) is 3.87. The molecule has 0 bridgehead atoms. The van der Waals surface area contributed by atoms with E-state index in [0.717, 1.165) is 12.8 Å². The van der Waals surface area contributed by atoms with E-state index in [1.807, 2.05) is 12.1 Å². The monoisotopic (exact) mass is 650 g/mol. The minimum Gasteiger partial charge on any atom is -0.481 e. The van der Waals surface area contributed by atoms with E-state index in [9.17, 15) is 29.1 Å². The Balaban J connectivity index is 1.29. The van der Waals surface area contributed by atoms with Crippen LogP contribution in [0.1, 0.15) is 54.9 Å². The first-order valence-electron chi connectivity index (χ1n) is 15.6. The molecule has 47 heavy (non-hydrogen) atoms. The summed E-state index contributed by atoms with van der Waals surface area (Å²) in [6, 6.07) is 12.5. The van der Waals surface area contributed by atoms with Gasteiger partial charge in [-0.1, -0.05) is 18.2 Å². The van der Waals surface area contributed by atoms with Crippen LogP contribution in [0.4, 0.5) is 4.79 Å². The number of aliphatic carboxylic acids is 1. The van der Waals surface area contributed by atoms with Gasteiger partial charge in [-0.25, -0.2) is 9.48 Å². The highest BCUT2D eigenvalue weighted by Crippen LogP contribution is 2.32. The summed E-state index contributed by atoms with van der Waals surface area (Å²) < 4.78 is 17.9. The number of carbonyl (C=O) groups excluding carboxylic acids is 4. The van der Waals surface area contributed by atoms with Crippen LogP contribution in [0.3, 0.4) is 0 Å². The summed E-state index contributed by atoms with van der Waals surface area (Å²) in [6.07, 6.45) is 2.19. The summed E-state index contributed by atoms with van der Waals surface area (Å²) in [7, 11) is 0. The quantitative estimate of drug-likeness (QED) is 0.296. The molecule has 0 spiro atoms. The molecular formula is C32H38N6O9. The van der Waals surface area contributed by atoms with E-state index in [1.165, 1.54) is 20.5 Å². The number of hydrogen-bond donors (Lipinski definition) is 2. The third kappa shape index (κ3) is 8.09. The average molecular weight is 651 g/mol. The minimum absolute atomic E-state index is 0.0915. The maximum Gasteiger partial charge on any atom is 0.409 e. The first-order chi connectivity index (χ1) is 22.7. The largest absolute Gasteiger partial charge is 0.481 e. The zero-order chi connectivity index (χ0) is 33.3. The number of piperazine rings is 1. The molecule has 2 aliphatic rings. The van der Waals surface area contributed by atoms with Crippen LogP contribution in [0.2, 0.25) is 0 Å². The molecule has 0 radical (unpaired) electrons. The van der Waals surface area contributed by atoms with Crippen molar-refractivity contribution in [2.45, 2.75) is 44.7 Å². The molecule has 2 unspecified atom stereocenters. The SMILES string of the molecule is CCOC(=O)N1CCN(C(=O)C(CCC(=O)O)NC(=O)c2cc(OCC(=O)N3CCCC3c3ccco3)n(-c3ccccc3)n2)CC1. The summed E-state index contributed by atoms with van der Waals surface area (Å²) in [5.41, 5.74) is 0.479. The van der Waals surface area contributed by atoms with Crippen molar-refractivity contribution in [3.05, 3.63) is 66.2 Å². The number of nitrogens with one attached hydrogen (secondary N) is 1. The number of rotatable bonds is 12. The van der Waals surface area contributed by atoms with Crippen molar-refractivity contribution < 1.29 is 43.0 Å². The molecule has 1 aromatic carbocycles. The molecule has 250 valence electrons. The number of para-hydroxylation sites is 1. The zero-order valence-electron chi connectivity index (χ0n) is 26.1. The van der Waals surface area contributed by atoms with Crippen LogP contribution in [0.5, 0.6) is 5.88 Å². The lowest BCUT2D eigenvalue weighted by Gasteiger charge is -2.35. The number of aromatic nitrogens is 2. The number of ether oxygens (including phenoxy) is 2. The summed E-state index contributed by atoms with van der Waals surface area (Å²) in [5.74, 6) is -1.72. The number of amides is 4. The van der Waals surface area contributed by atoms with E-state index in [0.29, 0.717) is 18.0 Å². The fourth-order valence-corrected chi connectivity index (χ4v) is 5.69. The topological polar surface area (TPSA) is 177 Å². The number of hydrogen-bond acceptors (Lipinski definition) is 9. The normalized spacial score (nSPS) is 16.9. The van der Waals surface area contributed by atoms with Crippen LogP contribution >= 0.6 is 0 Å². The van der Waals surface area contributed by atoms with Crippen LogP contribution in [0, 0.1) is 0 Å². The molecule has 15 heteroatoms. The zero-order valence-corrected chi connectivity index (χ0v) is 26.1. The standard InChI is InChI=1S/C32H38N6O9/c1-2-45-32(44)36-17-15-35(16-18-36)31(43)23(12-13-29(40)41)33-30(42)24-20-28(38(34-24)22-8-4-3-5-9-22)47-21-27(39)37-14-6-10-25(37)26-11-7-19-46-26/h3-5,7-9,11,19-20,23,25H,2,6,10,12-18,21H2,1H3,(H,33,42)(H,40,41). The van der Waals surface area contributed by atoms with Crippen molar-refractivity contribution in [2.75, 3.05) is 45.9 Å². The molecule has 2 saturated heterocycles. The van der Waals surface area contributed by atoms with Crippen LogP contribution < -0.4 is 10.1 Å². The molecule has 2 aliphatic heterocycles. The molecule has 4 heterocycles. The maximum absolute atomic E-state index is 13.5. The Morgan fingerprint density at radius 1 is 1.02 bits per heavy atom. The molecule has 0 saturated carbocycles. The Hall–Kier alpha value is -5.34. The molecule has 0 aliphatic carbocycles. The fraction of sp³-hybridized carbons (Fsp3) is 0.438. The molecule has 2 atom stereocenters. The van der Waals surface area contributed by atoms with Gasteiger partial charge in [-0.15, -0.1) is 0 Å². The van der Waals surface area contributed by atoms with Gasteiger partial charge in [0.05, 0.1) is 24.6 Å². The molecule has 3 aromatic rings. The third-order valence-corrected chi connectivity index (χ3v) is 8.07. The van der Waals surface area contributed by atoms with E-state index < -0.39 is 29.9 Å². The molecule has 2 N–H and O–H groups in total. The van der Waals surface area contributed by atoms with Gasteiger partial charge in [-0.3, -0.25) is 19.2 Å². The second kappa shape index (κ2) is 15.3. The van der Waals surface area contributed by atoms with Gasteiger partial charge < -0.3 is 39.0 Å². The molecule has 5 rings (SSSR count). The van der Waals surface area contributed by atoms with E-state index in [2.05, 4.69) is 10.4 Å². The highest BCUT2D eigenvalue weighted by atomic mass is 16.6. The fourth-order valence-electron chi connectivity index (χ4n) is 5.69. The van der Waals surface area contributed by atoms with Gasteiger partial charge in [-0.05, 0) is 50.5 Å². The van der Waals surface area contributed by atoms with Crippen molar-refractivity contribution in [2.24, 2.45) is 0 Å². The lowest BCUT2D eigenvalue weighted by molar-refractivity contribution is -0.138. The summed E-state index contributed by atoms with van der Waals surface area (Å²) in [4.78, 5) is 68.3. The van der Waals surface area contributed by atoms with Gasteiger partial charge in [0.2, 0.25) is 11.8 Å². The third-order valence-electron chi connectivity index (χ3n) is 8.07. The number of likely N-dealkylation sites (tertiary alicyclic amines) is 1. The number of nitrogens with zero attached hydrogens (tertiary/aromatic N) is 5. The lowest BCUT2D eigenvalue weighted by atomic mass is 10.1. The first-order valence-corrected chi connectivity index (χ1v) is 15.6. The Labute approximate surface area is 271 Å². The second-order valence-electron chi connectivity index (χ2n) is 11.1. The van der Waals surface area contributed by atoms with Gasteiger partial charge in [-0.2, -0.15) is 5.10 Å². The van der Waals surface area contributed by atoms with E-state index in [4.69, 9.17) is 13.9 Å². The number of carboxylic acids is 1. The van der Waals surface area contributed by atoms with E-state index in [1.54, 1.807) is 48.4 Å². The van der Waals surface area contributed by atoms with Crippen molar-refractivity contribution >= 4 is 29.8 Å². The van der Waals surface area contributed by atoms with Crippen molar-refractivity contribution in [1.29, 1.82) is 0 Å². The van der Waals surface area contributed by atoms with Crippen molar-refractivity contribution in [1.82, 2.24) is 29.8 Å². The predicted octanol–water partition coefficient (Wildman–Crippen LogP) is 2.47. The summed E-state index contributed by atoms with van der Waals surface area (Å²) in [6.45, 7) is 3.06. The van der Waals surface area contributed by atoms with E-state index in [-0.39, 0.29) is 75.8 Å². The molecular weight excluding hydrogens is 612 g/mol. The summed E-state index contributed by atoms with van der Waals surface area (Å²) >= 11 is 0. The van der Waals surface area contributed by atoms with Gasteiger partial charge in [0.15, 0.2) is 12.3 Å². The molecule has 4 amide bonds. The van der Waals surface area contributed by atoms with Crippen LogP contribution in [-0.2, 0) is 19.1 Å². The Kier molecular flexibility index (Phi) is 10.8. The van der Waals surface area contributed by atoms with Crippen molar-refractivity contribution in [3.63, 3.8) is 0 Å². The summed E-state index contributed by atoms with van der Waals surface area (Å²) in [5, 5.41) is 16.4. The predicted molar refractivity (Wildman–Crippen MR) is 165 cm³/mol. The van der Waals surface area contributed by atoms with Gasteiger partial charge in [0.1, 0.15) is 11.8 Å². The van der Waals surface area contributed by atoms with Gasteiger partial charge in [0, 0.05) is 45.2 Å². The molecule has 2 aromatic heterocycles.